The zero-order valence-electron chi connectivity index (χ0n) is 11.9. The second-order valence-electron chi connectivity index (χ2n) is 4.90. The third-order valence-corrected chi connectivity index (χ3v) is 5.01. The minimum Gasteiger partial charge on any atom is -0.390 e. The van der Waals surface area contributed by atoms with Crippen molar-refractivity contribution in [3.8, 4) is 22.8 Å². The zero-order valence-corrected chi connectivity index (χ0v) is 14.3. The van der Waals surface area contributed by atoms with Crippen LogP contribution in [-0.4, -0.2) is 10.1 Å². The summed E-state index contributed by atoms with van der Waals surface area (Å²) in [5, 5.41) is 4.81. The molecule has 108 valence electrons. The van der Waals surface area contributed by atoms with Crippen LogP contribution in [0.3, 0.4) is 0 Å². The molecular formula is C15H14BrN3OS. The quantitative estimate of drug-likeness (QED) is 0.714. The van der Waals surface area contributed by atoms with E-state index < -0.39 is 0 Å². The number of nitrogens with zero attached hydrogens (tertiary/aromatic N) is 2. The number of halogens is 1. The van der Waals surface area contributed by atoms with E-state index in [0.29, 0.717) is 16.7 Å². The molecule has 0 atom stereocenters. The predicted octanol–water partition coefficient (Wildman–Crippen LogP) is 4.74. The van der Waals surface area contributed by atoms with E-state index in [9.17, 15) is 0 Å². The van der Waals surface area contributed by atoms with E-state index >= 15 is 0 Å². The van der Waals surface area contributed by atoms with Gasteiger partial charge in [0.1, 0.15) is 0 Å². The molecule has 0 radical (unpaired) electrons. The molecule has 2 heterocycles. The molecule has 3 aromatic rings. The Kier molecular flexibility index (Phi) is 3.59. The van der Waals surface area contributed by atoms with Gasteiger partial charge in [-0.2, -0.15) is 4.98 Å². The van der Waals surface area contributed by atoms with Gasteiger partial charge in [-0.15, -0.1) is 11.3 Å². The first-order chi connectivity index (χ1) is 9.97. The average Bonchev–Trinajstić information content (AvgIpc) is 2.96. The van der Waals surface area contributed by atoms with E-state index in [4.69, 9.17) is 10.3 Å². The van der Waals surface area contributed by atoms with Gasteiger partial charge in [0.05, 0.1) is 10.6 Å². The summed E-state index contributed by atoms with van der Waals surface area (Å²) in [7, 11) is 0. The molecule has 1 aromatic carbocycles. The van der Waals surface area contributed by atoms with Gasteiger partial charge < -0.3 is 10.3 Å². The fourth-order valence-electron chi connectivity index (χ4n) is 2.23. The lowest BCUT2D eigenvalue weighted by Gasteiger charge is -2.00. The largest absolute Gasteiger partial charge is 0.390 e. The van der Waals surface area contributed by atoms with Gasteiger partial charge in [-0.3, -0.25) is 0 Å². The smallest absolute Gasteiger partial charge is 0.261 e. The van der Waals surface area contributed by atoms with Crippen LogP contribution in [0.4, 0.5) is 5.00 Å². The van der Waals surface area contributed by atoms with Crippen LogP contribution in [0.25, 0.3) is 22.8 Å². The summed E-state index contributed by atoms with van der Waals surface area (Å²) in [6.07, 6.45) is 0. The highest BCUT2D eigenvalue weighted by molar-refractivity contribution is 9.10. The predicted molar refractivity (Wildman–Crippen MR) is 89.4 cm³/mol. The van der Waals surface area contributed by atoms with E-state index in [0.717, 1.165) is 26.7 Å². The van der Waals surface area contributed by atoms with E-state index in [1.807, 2.05) is 39.0 Å². The van der Waals surface area contributed by atoms with Gasteiger partial charge in [-0.25, -0.2) is 0 Å². The lowest BCUT2D eigenvalue weighted by Crippen LogP contribution is -1.88. The van der Waals surface area contributed by atoms with Crippen LogP contribution in [0.2, 0.25) is 0 Å². The van der Waals surface area contributed by atoms with Crippen molar-refractivity contribution in [2.45, 2.75) is 20.8 Å². The second-order valence-corrected chi connectivity index (χ2v) is 7.08. The summed E-state index contributed by atoms with van der Waals surface area (Å²) in [5.74, 6) is 1.06. The molecule has 0 amide bonds. The van der Waals surface area contributed by atoms with Crippen LogP contribution < -0.4 is 5.73 Å². The molecule has 6 heteroatoms. The Labute approximate surface area is 135 Å². The summed E-state index contributed by atoms with van der Waals surface area (Å²) in [5.41, 5.74) is 10.0. The van der Waals surface area contributed by atoms with Crippen molar-refractivity contribution in [3.63, 3.8) is 0 Å². The number of rotatable bonds is 2. The molecule has 0 fully saturated rings. The molecular weight excluding hydrogens is 350 g/mol. The van der Waals surface area contributed by atoms with Crippen molar-refractivity contribution in [2.75, 3.05) is 5.73 Å². The summed E-state index contributed by atoms with van der Waals surface area (Å²) in [4.78, 5) is 5.68. The van der Waals surface area contributed by atoms with Crippen molar-refractivity contribution in [2.24, 2.45) is 0 Å². The Morgan fingerprint density at radius 1 is 1.24 bits per heavy atom. The molecule has 0 saturated heterocycles. The highest BCUT2D eigenvalue weighted by Crippen LogP contribution is 2.38. The zero-order chi connectivity index (χ0) is 15.1. The topological polar surface area (TPSA) is 64.9 Å². The molecule has 2 aromatic heterocycles. The SMILES string of the molecule is Cc1cc(Br)ccc1-c1noc(-c2c(N)sc(C)c2C)n1. The van der Waals surface area contributed by atoms with Gasteiger partial charge in [0, 0.05) is 14.9 Å². The highest BCUT2D eigenvalue weighted by Gasteiger charge is 2.19. The van der Waals surface area contributed by atoms with Crippen LogP contribution in [0, 0.1) is 20.8 Å². The fourth-order valence-corrected chi connectivity index (χ4v) is 3.63. The Morgan fingerprint density at radius 2 is 2.00 bits per heavy atom. The molecule has 0 unspecified atom stereocenters. The van der Waals surface area contributed by atoms with Crippen LogP contribution in [0.15, 0.2) is 27.2 Å². The first-order valence-corrected chi connectivity index (χ1v) is 8.04. The number of anilines is 1. The molecule has 0 saturated carbocycles. The molecule has 21 heavy (non-hydrogen) atoms. The normalized spacial score (nSPS) is 11.0. The number of hydrogen-bond acceptors (Lipinski definition) is 5. The number of hydrogen-bond donors (Lipinski definition) is 1. The van der Waals surface area contributed by atoms with Gasteiger partial charge in [0.15, 0.2) is 0 Å². The standard InChI is InChI=1S/C15H14BrN3OS/c1-7-6-10(16)4-5-11(7)14-18-15(20-19-14)12-8(2)9(3)21-13(12)17/h4-6H,17H2,1-3H3. The molecule has 0 aliphatic carbocycles. The van der Waals surface area contributed by atoms with Crippen LogP contribution in [0.1, 0.15) is 16.0 Å². The number of nitrogens with two attached hydrogens (primary N) is 1. The van der Waals surface area contributed by atoms with Gasteiger partial charge >= 0.3 is 0 Å². The number of thiophene rings is 1. The molecule has 0 aliphatic rings. The monoisotopic (exact) mass is 363 g/mol. The Hall–Kier alpha value is -1.66. The van der Waals surface area contributed by atoms with Crippen molar-refractivity contribution in [1.82, 2.24) is 10.1 Å². The first-order valence-electron chi connectivity index (χ1n) is 6.43. The Balaban J connectivity index is 2.08. The lowest BCUT2D eigenvalue weighted by molar-refractivity contribution is 0.432. The highest BCUT2D eigenvalue weighted by atomic mass is 79.9. The summed E-state index contributed by atoms with van der Waals surface area (Å²) < 4.78 is 6.45. The number of aromatic nitrogens is 2. The molecule has 4 nitrogen and oxygen atoms in total. The van der Waals surface area contributed by atoms with Crippen molar-refractivity contribution in [1.29, 1.82) is 0 Å². The number of nitrogen functional groups attached to an aromatic ring is 1. The maximum Gasteiger partial charge on any atom is 0.261 e. The molecule has 0 spiro atoms. The van der Waals surface area contributed by atoms with Crippen LogP contribution in [0.5, 0.6) is 0 Å². The summed E-state index contributed by atoms with van der Waals surface area (Å²) in [6, 6.07) is 5.97. The molecule has 0 aliphatic heterocycles. The number of aryl methyl sites for hydroxylation is 2. The second kappa shape index (κ2) is 5.27. The fraction of sp³-hybridized carbons (Fsp3) is 0.200. The summed E-state index contributed by atoms with van der Waals surface area (Å²) in [6.45, 7) is 6.08. The maximum absolute atomic E-state index is 6.06. The third-order valence-electron chi connectivity index (χ3n) is 3.48. The average molecular weight is 364 g/mol. The van der Waals surface area contributed by atoms with E-state index in [2.05, 4.69) is 26.1 Å². The van der Waals surface area contributed by atoms with Gasteiger partial charge in [-0.05, 0) is 50.1 Å². The maximum atomic E-state index is 6.06. The molecule has 0 bridgehead atoms. The van der Waals surface area contributed by atoms with Crippen LogP contribution >= 0.6 is 27.3 Å². The molecule has 3 rings (SSSR count). The van der Waals surface area contributed by atoms with Gasteiger partial charge in [0.25, 0.3) is 5.89 Å². The minimum absolute atomic E-state index is 0.478. The van der Waals surface area contributed by atoms with Gasteiger partial charge in [0.2, 0.25) is 5.82 Å². The lowest BCUT2D eigenvalue weighted by atomic mass is 10.1. The molecule has 2 N–H and O–H groups in total. The van der Waals surface area contributed by atoms with Gasteiger partial charge in [-0.1, -0.05) is 21.1 Å². The van der Waals surface area contributed by atoms with E-state index in [-0.39, 0.29) is 0 Å². The van der Waals surface area contributed by atoms with E-state index in [1.165, 1.54) is 4.88 Å². The van der Waals surface area contributed by atoms with Crippen molar-refractivity contribution < 1.29 is 4.52 Å². The summed E-state index contributed by atoms with van der Waals surface area (Å²) >= 11 is 5.00. The van der Waals surface area contributed by atoms with E-state index in [1.54, 1.807) is 11.3 Å². The van der Waals surface area contributed by atoms with Crippen molar-refractivity contribution in [3.05, 3.63) is 38.7 Å². The Bertz CT molecular complexity index is 822. The Morgan fingerprint density at radius 3 is 2.62 bits per heavy atom. The first kappa shape index (κ1) is 14.3. The third kappa shape index (κ3) is 2.49. The van der Waals surface area contributed by atoms with Crippen LogP contribution in [-0.2, 0) is 0 Å². The number of benzene rings is 1. The minimum atomic E-state index is 0.478. The van der Waals surface area contributed by atoms with Crippen molar-refractivity contribution >= 4 is 32.3 Å².